The SMILES string of the molecule is Cc1cccc(Cl)c1C(=O)NNC(=O)c1ccc(Cl)c(Nc2nccc(-c3cccnc3)n2)c1. The second-order valence-corrected chi connectivity index (χ2v) is 7.98. The van der Waals surface area contributed by atoms with Crippen LogP contribution in [0.5, 0.6) is 0 Å². The molecule has 4 aromatic rings. The molecule has 0 radical (unpaired) electrons. The maximum Gasteiger partial charge on any atom is 0.271 e. The third kappa shape index (κ3) is 5.31. The van der Waals surface area contributed by atoms with E-state index in [0.29, 0.717) is 32.9 Å². The van der Waals surface area contributed by atoms with Crippen LogP contribution in [-0.2, 0) is 0 Å². The fourth-order valence-electron chi connectivity index (χ4n) is 3.14. The van der Waals surface area contributed by atoms with Crippen LogP contribution >= 0.6 is 23.2 Å². The van der Waals surface area contributed by atoms with Gasteiger partial charge in [-0.05, 0) is 55.0 Å². The fourth-order valence-corrected chi connectivity index (χ4v) is 3.62. The molecule has 0 bridgehead atoms. The van der Waals surface area contributed by atoms with E-state index in [1.54, 1.807) is 55.8 Å². The van der Waals surface area contributed by atoms with Crippen LogP contribution in [0.3, 0.4) is 0 Å². The van der Waals surface area contributed by atoms with Crippen LogP contribution in [0.15, 0.2) is 73.2 Å². The van der Waals surface area contributed by atoms with Gasteiger partial charge in [0, 0.05) is 29.7 Å². The number of halogens is 2. The standard InChI is InChI=1S/C24H18Cl2N6O2/c1-14-4-2-6-18(26)21(14)23(34)32-31-22(33)15-7-8-17(25)20(12-15)30-24-28-11-9-19(29-24)16-5-3-10-27-13-16/h2-13H,1H3,(H,31,33)(H,32,34)(H,28,29,30). The number of pyridine rings is 1. The van der Waals surface area contributed by atoms with Gasteiger partial charge in [0.25, 0.3) is 11.8 Å². The van der Waals surface area contributed by atoms with Crippen molar-refractivity contribution in [3.63, 3.8) is 0 Å². The lowest BCUT2D eigenvalue weighted by Crippen LogP contribution is -2.42. The predicted molar refractivity (Wildman–Crippen MR) is 131 cm³/mol. The highest BCUT2D eigenvalue weighted by molar-refractivity contribution is 6.34. The molecule has 10 heteroatoms. The van der Waals surface area contributed by atoms with Gasteiger partial charge in [0.2, 0.25) is 5.95 Å². The summed E-state index contributed by atoms with van der Waals surface area (Å²) in [7, 11) is 0. The first-order valence-corrected chi connectivity index (χ1v) is 10.8. The van der Waals surface area contributed by atoms with E-state index in [0.717, 1.165) is 5.56 Å². The summed E-state index contributed by atoms with van der Waals surface area (Å²) in [6, 6.07) is 15.2. The van der Waals surface area contributed by atoms with Crippen molar-refractivity contribution >= 4 is 46.7 Å². The second-order valence-electron chi connectivity index (χ2n) is 7.17. The van der Waals surface area contributed by atoms with Gasteiger partial charge in [0.05, 0.1) is 27.0 Å². The molecule has 0 unspecified atom stereocenters. The third-order valence-corrected chi connectivity index (χ3v) is 5.47. The molecule has 0 spiro atoms. The van der Waals surface area contributed by atoms with Gasteiger partial charge < -0.3 is 5.32 Å². The number of carbonyl (C=O) groups is 2. The number of hydrazine groups is 1. The number of rotatable bonds is 5. The molecule has 3 N–H and O–H groups in total. The first-order chi connectivity index (χ1) is 16.4. The van der Waals surface area contributed by atoms with Crippen molar-refractivity contribution in [3.8, 4) is 11.3 Å². The number of nitrogens with zero attached hydrogens (tertiary/aromatic N) is 3. The number of anilines is 2. The van der Waals surface area contributed by atoms with Crippen LogP contribution in [0.2, 0.25) is 10.0 Å². The molecule has 170 valence electrons. The molecule has 2 heterocycles. The number of nitrogens with one attached hydrogen (secondary N) is 3. The Labute approximate surface area is 205 Å². The molecule has 0 fully saturated rings. The molecular weight excluding hydrogens is 475 g/mol. The summed E-state index contributed by atoms with van der Waals surface area (Å²) in [5.41, 5.74) is 7.92. The summed E-state index contributed by atoms with van der Waals surface area (Å²) in [6.45, 7) is 1.76. The molecule has 2 aromatic heterocycles. The Hall–Kier alpha value is -4.01. The van der Waals surface area contributed by atoms with Crippen LogP contribution in [-0.4, -0.2) is 26.8 Å². The number of hydrogen-bond acceptors (Lipinski definition) is 6. The molecule has 0 saturated heterocycles. The zero-order chi connectivity index (χ0) is 24.1. The average Bonchev–Trinajstić information content (AvgIpc) is 2.84. The molecule has 0 aliphatic carbocycles. The van der Waals surface area contributed by atoms with Gasteiger partial charge in [-0.1, -0.05) is 35.3 Å². The molecule has 0 aliphatic heterocycles. The van der Waals surface area contributed by atoms with Crippen molar-refractivity contribution in [3.05, 3.63) is 99.9 Å². The normalized spacial score (nSPS) is 10.4. The van der Waals surface area contributed by atoms with Crippen molar-refractivity contribution in [1.29, 1.82) is 0 Å². The topological polar surface area (TPSA) is 109 Å². The molecule has 2 aromatic carbocycles. The predicted octanol–water partition coefficient (Wildman–Crippen LogP) is 4.97. The summed E-state index contributed by atoms with van der Waals surface area (Å²) in [6.07, 6.45) is 4.98. The summed E-state index contributed by atoms with van der Waals surface area (Å²) in [4.78, 5) is 37.9. The lowest BCUT2D eigenvalue weighted by molar-refractivity contribution is 0.0846. The van der Waals surface area contributed by atoms with Gasteiger partial charge >= 0.3 is 0 Å². The lowest BCUT2D eigenvalue weighted by atomic mass is 10.1. The van der Waals surface area contributed by atoms with Gasteiger partial charge in [0.15, 0.2) is 0 Å². The van der Waals surface area contributed by atoms with Crippen LogP contribution in [0.25, 0.3) is 11.3 Å². The van der Waals surface area contributed by atoms with Crippen molar-refractivity contribution in [2.24, 2.45) is 0 Å². The number of aromatic nitrogens is 3. The highest BCUT2D eigenvalue weighted by atomic mass is 35.5. The van der Waals surface area contributed by atoms with E-state index < -0.39 is 11.8 Å². The molecule has 0 saturated carbocycles. The maximum absolute atomic E-state index is 12.6. The summed E-state index contributed by atoms with van der Waals surface area (Å²) in [5, 5.41) is 3.68. The third-order valence-electron chi connectivity index (χ3n) is 4.83. The quantitative estimate of drug-likeness (QED) is 0.339. The van der Waals surface area contributed by atoms with Gasteiger partial charge in [-0.25, -0.2) is 9.97 Å². The van der Waals surface area contributed by atoms with Crippen LogP contribution < -0.4 is 16.2 Å². The molecule has 4 rings (SSSR count). The van der Waals surface area contributed by atoms with Gasteiger partial charge in [-0.15, -0.1) is 0 Å². The summed E-state index contributed by atoms with van der Waals surface area (Å²) in [5.74, 6) is -0.768. The summed E-state index contributed by atoms with van der Waals surface area (Å²) >= 11 is 12.4. The van der Waals surface area contributed by atoms with Crippen LogP contribution in [0.1, 0.15) is 26.3 Å². The van der Waals surface area contributed by atoms with E-state index in [9.17, 15) is 9.59 Å². The van der Waals surface area contributed by atoms with E-state index in [1.165, 1.54) is 12.1 Å². The van der Waals surface area contributed by atoms with Crippen LogP contribution in [0.4, 0.5) is 11.6 Å². The Morgan fingerprint density at radius 3 is 2.47 bits per heavy atom. The van der Waals surface area contributed by atoms with Crippen molar-refractivity contribution in [1.82, 2.24) is 25.8 Å². The Morgan fingerprint density at radius 2 is 1.71 bits per heavy atom. The number of amides is 2. The van der Waals surface area contributed by atoms with Gasteiger partial charge in [-0.3, -0.25) is 25.4 Å². The van der Waals surface area contributed by atoms with E-state index in [4.69, 9.17) is 23.2 Å². The maximum atomic E-state index is 12.6. The summed E-state index contributed by atoms with van der Waals surface area (Å²) < 4.78 is 0. The number of benzene rings is 2. The lowest BCUT2D eigenvalue weighted by Gasteiger charge is -2.12. The number of aryl methyl sites for hydroxylation is 1. The highest BCUT2D eigenvalue weighted by Crippen LogP contribution is 2.26. The van der Waals surface area contributed by atoms with Crippen molar-refractivity contribution in [2.45, 2.75) is 6.92 Å². The first-order valence-electron chi connectivity index (χ1n) is 10.1. The zero-order valence-corrected chi connectivity index (χ0v) is 19.4. The average molecular weight is 493 g/mol. The molecule has 0 aliphatic rings. The van der Waals surface area contributed by atoms with E-state index in [-0.39, 0.29) is 11.1 Å². The largest absolute Gasteiger partial charge is 0.323 e. The first kappa shape index (κ1) is 23.2. The number of carbonyl (C=O) groups excluding carboxylic acids is 2. The van der Waals surface area contributed by atoms with E-state index in [1.807, 2.05) is 12.1 Å². The molecule has 8 nitrogen and oxygen atoms in total. The van der Waals surface area contributed by atoms with Crippen molar-refractivity contribution < 1.29 is 9.59 Å². The van der Waals surface area contributed by atoms with Crippen LogP contribution in [0, 0.1) is 6.92 Å². The van der Waals surface area contributed by atoms with Crippen molar-refractivity contribution in [2.75, 3.05) is 5.32 Å². The zero-order valence-electron chi connectivity index (χ0n) is 17.8. The van der Waals surface area contributed by atoms with Gasteiger partial charge in [0.1, 0.15) is 0 Å². The second kappa shape index (κ2) is 10.3. The van der Waals surface area contributed by atoms with E-state index >= 15 is 0 Å². The minimum atomic E-state index is -0.539. The fraction of sp³-hybridized carbons (Fsp3) is 0.0417. The smallest absolute Gasteiger partial charge is 0.271 e. The Kier molecular flexibility index (Phi) is 7.01. The van der Waals surface area contributed by atoms with E-state index in [2.05, 4.69) is 31.1 Å². The minimum Gasteiger partial charge on any atom is -0.323 e. The molecule has 34 heavy (non-hydrogen) atoms. The molecular formula is C24H18Cl2N6O2. The monoisotopic (exact) mass is 492 g/mol. The van der Waals surface area contributed by atoms with Gasteiger partial charge in [-0.2, -0.15) is 0 Å². The highest BCUT2D eigenvalue weighted by Gasteiger charge is 2.15. The minimum absolute atomic E-state index is 0.256. The Bertz CT molecular complexity index is 1340. The molecule has 2 amide bonds. The Morgan fingerprint density at radius 1 is 0.882 bits per heavy atom. The Balaban J connectivity index is 1.48. The molecule has 0 atom stereocenters. The number of hydrogen-bond donors (Lipinski definition) is 3.